The first-order valence-electron chi connectivity index (χ1n) is 14.9. The van der Waals surface area contributed by atoms with Gasteiger partial charge in [0.1, 0.15) is 6.61 Å². The Kier molecular flexibility index (Phi) is 9.20. The molecule has 9 nitrogen and oxygen atoms in total. The lowest BCUT2D eigenvalue weighted by Crippen LogP contribution is -2.47. The summed E-state index contributed by atoms with van der Waals surface area (Å²) in [6.07, 6.45) is 4.39. The Morgan fingerprint density at radius 2 is 1.72 bits per heavy atom. The molecule has 1 amide bonds. The molecule has 0 N–H and O–H groups in total. The van der Waals surface area contributed by atoms with Gasteiger partial charge in [0.2, 0.25) is 15.9 Å². The zero-order valence-electron chi connectivity index (χ0n) is 26.1. The molecule has 1 saturated heterocycles. The monoisotopic (exact) mass is 609 g/mol. The number of ether oxygens (including phenoxy) is 3. The van der Waals surface area contributed by atoms with E-state index in [1.165, 1.54) is 25.3 Å². The number of carbonyl (C=O) groups excluding carboxylic acids is 1. The number of amides is 1. The molecule has 43 heavy (non-hydrogen) atoms. The summed E-state index contributed by atoms with van der Waals surface area (Å²) in [5, 5.41) is 0. The van der Waals surface area contributed by atoms with Crippen LogP contribution in [-0.2, 0) is 26.1 Å². The van der Waals surface area contributed by atoms with E-state index in [2.05, 4.69) is 48.9 Å². The number of fused-ring (bicyclic) bond motifs is 1. The van der Waals surface area contributed by atoms with Crippen molar-refractivity contribution in [3.8, 4) is 11.5 Å². The van der Waals surface area contributed by atoms with Crippen molar-refractivity contribution in [2.45, 2.75) is 70.5 Å². The first-order valence-corrected chi connectivity index (χ1v) is 16.4. The van der Waals surface area contributed by atoms with Gasteiger partial charge in [-0.2, -0.15) is 4.31 Å². The molecule has 2 aromatic carbocycles. The van der Waals surface area contributed by atoms with Crippen molar-refractivity contribution in [1.29, 1.82) is 0 Å². The fraction of sp³-hybridized carbons (Fsp3) is 0.485. The number of nitrogens with zero attached hydrogens (tertiary/aromatic N) is 3. The van der Waals surface area contributed by atoms with E-state index in [0.29, 0.717) is 48.7 Å². The van der Waals surface area contributed by atoms with E-state index >= 15 is 0 Å². The van der Waals surface area contributed by atoms with Crippen molar-refractivity contribution >= 4 is 15.9 Å². The summed E-state index contributed by atoms with van der Waals surface area (Å²) >= 11 is 0. The van der Waals surface area contributed by atoms with E-state index in [9.17, 15) is 13.2 Å². The zero-order valence-corrected chi connectivity index (χ0v) is 26.9. The van der Waals surface area contributed by atoms with Crippen LogP contribution < -0.4 is 9.47 Å². The van der Waals surface area contributed by atoms with E-state index in [4.69, 9.17) is 14.2 Å². The van der Waals surface area contributed by atoms with E-state index in [1.54, 1.807) is 24.2 Å². The molecule has 2 aliphatic rings. The molecule has 1 fully saturated rings. The van der Waals surface area contributed by atoms with Gasteiger partial charge < -0.3 is 23.7 Å². The highest BCUT2D eigenvalue weighted by Crippen LogP contribution is 2.40. The van der Waals surface area contributed by atoms with Crippen molar-refractivity contribution in [1.82, 2.24) is 13.8 Å². The third-order valence-electron chi connectivity index (χ3n) is 8.92. The van der Waals surface area contributed by atoms with E-state index in [-0.39, 0.29) is 36.1 Å². The number of rotatable bonds is 9. The maximum atomic E-state index is 14.1. The molecule has 3 heterocycles. The van der Waals surface area contributed by atoms with E-state index < -0.39 is 10.0 Å². The number of piperidine rings is 1. The standard InChI is InChI=1S/C33H43N3O6S/c1-22-12-13-26(18-23(22)2)31-28-11-9-14-34(28)16-17-35(31)30(37)21-42-20-27-10-7-8-15-36(27)43(38,39)33-24(3)19-29(40-5)32(41-6)25(33)4/h9,11-14,18-19,27,31H,7-8,10,15-17,20-21H2,1-6H3. The molecular weight excluding hydrogens is 566 g/mol. The van der Waals surface area contributed by atoms with Crippen LogP contribution in [0.15, 0.2) is 47.5 Å². The fourth-order valence-corrected chi connectivity index (χ4v) is 8.70. The van der Waals surface area contributed by atoms with Crippen LogP contribution in [0.1, 0.15) is 58.8 Å². The number of benzene rings is 2. The Morgan fingerprint density at radius 1 is 0.930 bits per heavy atom. The smallest absolute Gasteiger partial charge is 0.249 e. The van der Waals surface area contributed by atoms with Gasteiger partial charge in [0.05, 0.1) is 31.8 Å². The molecule has 3 aromatic rings. The number of carbonyl (C=O) groups is 1. The molecule has 2 unspecified atom stereocenters. The van der Waals surface area contributed by atoms with Gasteiger partial charge >= 0.3 is 0 Å². The summed E-state index contributed by atoms with van der Waals surface area (Å²) in [6, 6.07) is 11.6. The van der Waals surface area contributed by atoms with Crippen LogP contribution in [0.3, 0.4) is 0 Å². The zero-order chi connectivity index (χ0) is 30.9. The van der Waals surface area contributed by atoms with E-state index in [0.717, 1.165) is 24.1 Å². The molecule has 232 valence electrons. The van der Waals surface area contributed by atoms with Crippen molar-refractivity contribution in [2.24, 2.45) is 0 Å². The maximum Gasteiger partial charge on any atom is 0.249 e. The molecule has 0 saturated carbocycles. The van der Waals surface area contributed by atoms with Gasteiger partial charge in [-0.3, -0.25) is 4.79 Å². The molecule has 1 aromatic heterocycles. The second-order valence-electron chi connectivity index (χ2n) is 11.6. The molecule has 0 radical (unpaired) electrons. The Labute approximate surface area is 255 Å². The first-order chi connectivity index (χ1) is 20.6. The minimum atomic E-state index is -3.86. The number of aromatic nitrogens is 1. The third-order valence-corrected chi connectivity index (χ3v) is 11.2. The Hall–Kier alpha value is -3.34. The fourth-order valence-electron chi connectivity index (χ4n) is 6.59. The first kappa shape index (κ1) is 31.1. The van der Waals surface area contributed by atoms with Crippen LogP contribution in [0.25, 0.3) is 0 Å². The summed E-state index contributed by atoms with van der Waals surface area (Å²) in [5.41, 5.74) is 5.66. The molecule has 10 heteroatoms. The highest BCUT2D eigenvalue weighted by Gasteiger charge is 2.37. The summed E-state index contributed by atoms with van der Waals surface area (Å²) < 4.78 is 48.9. The lowest BCUT2D eigenvalue weighted by Gasteiger charge is -2.38. The van der Waals surface area contributed by atoms with Crippen LogP contribution in [0.2, 0.25) is 0 Å². The quantitative estimate of drug-likeness (QED) is 0.342. The van der Waals surface area contributed by atoms with Gasteiger partial charge in [-0.1, -0.05) is 24.6 Å². The van der Waals surface area contributed by atoms with Crippen LogP contribution >= 0.6 is 0 Å². The van der Waals surface area contributed by atoms with Crippen LogP contribution in [0, 0.1) is 27.7 Å². The van der Waals surface area contributed by atoms with Gasteiger partial charge in [0, 0.05) is 43.1 Å². The van der Waals surface area contributed by atoms with Crippen molar-refractivity contribution in [3.63, 3.8) is 0 Å². The van der Waals surface area contributed by atoms with Crippen LogP contribution in [-0.4, -0.2) is 74.7 Å². The molecule has 0 spiro atoms. The lowest BCUT2D eigenvalue weighted by atomic mass is 9.96. The molecular formula is C33H43N3O6S. The summed E-state index contributed by atoms with van der Waals surface area (Å²) in [4.78, 5) is 15.8. The second-order valence-corrected chi connectivity index (χ2v) is 13.5. The van der Waals surface area contributed by atoms with Crippen molar-refractivity contribution in [2.75, 3.05) is 40.5 Å². The predicted octanol–water partition coefficient (Wildman–Crippen LogP) is 4.93. The van der Waals surface area contributed by atoms with Crippen LogP contribution in [0.5, 0.6) is 11.5 Å². The molecule has 2 aliphatic heterocycles. The second kappa shape index (κ2) is 12.7. The van der Waals surface area contributed by atoms with Gasteiger partial charge in [0.15, 0.2) is 11.5 Å². The summed E-state index contributed by atoms with van der Waals surface area (Å²) in [7, 11) is -0.814. The Bertz CT molecular complexity index is 1600. The molecule has 0 aliphatic carbocycles. The Morgan fingerprint density at radius 3 is 2.44 bits per heavy atom. The predicted molar refractivity (Wildman–Crippen MR) is 165 cm³/mol. The third kappa shape index (κ3) is 5.92. The largest absolute Gasteiger partial charge is 0.493 e. The number of aryl methyl sites for hydroxylation is 3. The van der Waals surface area contributed by atoms with Gasteiger partial charge in [-0.15, -0.1) is 0 Å². The average molecular weight is 610 g/mol. The molecule has 5 rings (SSSR count). The summed E-state index contributed by atoms with van der Waals surface area (Å²) in [5.74, 6) is 0.804. The van der Waals surface area contributed by atoms with Crippen molar-refractivity contribution in [3.05, 3.63) is 76.1 Å². The number of hydrogen-bond donors (Lipinski definition) is 0. The molecule has 0 bridgehead atoms. The normalized spacial score (nSPS) is 19.3. The number of hydrogen-bond acceptors (Lipinski definition) is 6. The Balaban J connectivity index is 1.33. The SMILES string of the molecule is COc1cc(C)c(S(=O)(=O)N2CCCCC2COCC(=O)N2CCn3cccc3C2c2ccc(C)c(C)c2)c(C)c1OC. The highest BCUT2D eigenvalue weighted by molar-refractivity contribution is 7.89. The van der Waals surface area contributed by atoms with E-state index in [1.807, 2.05) is 11.0 Å². The van der Waals surface area contributed by atoms with Gasteiger partial charge in [0.25, 0.3) is 0 Å². The molecule has 2 atom stereocenters. The number of sulfonamides is 1. The highest BCUT2D eigenvalue weighted by atomic mass is 32.2. The maximum absolute atomic E-state index is 14.1. The number of methoxy groups -OCH3 is 2. The lowest BCUT2D eigenvalue weighted by molar-refractivity contribution is -0.139. The minimum Gasteiger partial charge on any atom is -0.493 e. The average Bonchev–Trinajstić information content (AvgIpc) is 3.47. The van der Waals surface area contributed by atoms with Crippen LogP contribution in [0.4, 0.5) is 0 Å². The van der Waals surface area contributed by atoms with Gasteiger partial charge in [-0.25, -0.2) is 8.42 Å². The minimum absolute atomic E-state index is 0.104. The van der Waals surface area contributed by atoms with Gasteiger partial charge in [-0.05, 0) is 81.0 Å². The van der Waals surface area contributed by atoms with Crippen molar-refractivity contribution < 1.29 is 27.4 Å². The summed E-state index contributed by atoms with van der Waals surface area (Å²) in [6.45, 7) is 9.42. The topological polar surface area (TPSA) is 90.3 Å².